The fraction of sp³-hybridized carbons (Fsp3) is 0.588. The van der Waals surface area contributed by atoms with Crippen molar-refractivity contribution in [3.63, 3.8) is 0 Å². The number of thiazole rings is 1. The van der Waals surface area contributed by atoms with Crippen LogP contribution in [0.2, 0.25) is 0 Å². The predicted octanol–water partition coefficient (Wildman–Crippen LogP) is 2.04. The number of hydrogen-bond donors (Lipinski definition) is 1. The molecule has 1 saturated carbocycles. The van der Waals surface area contributed by atoms with E-state index in [1.165, 1.54) is 4.88 Å². The minimum Gasteiger partial charge on any atom is -0.340 e. The number of aromatic amines is 1. The van der Waals surface area contributed by atoms with Crippen LogP contribution in [0, 0.1) is 13.8 Å². The molecule has 2 aliphatic rings. The smallest absolute Gasteiger partial charge is 0.252 e. The predicted molar refractivity (Wildman–Crippen MR) is 95.9 cm³/mol. The molecular formula is C17H23N5OS. The first kappa shape index (κ1) is 15.8. The Morgan fingerprint density at radius 3 is 2.58 bits per heavy atom. The number of rotatable bonds is 4. The molecule has 1 saturated heterocycles. The van der Waals surface area contributed by atoms with Gasteiger partial charge in [-0.1, -0.05) is 0 Å². The Balaban J connectivity index is 1.41. The Kier molecular flexibility index (Phi) is 4.14. The zero-order valence-corrected chi connectivity index (χ0v) is 15.0. The Morgan fingerprint density at radius 2 is 1.96 bits per heavy atom. The van der Waals surface area contributed by atoms with Gasteiger partial charge in [0.25, 0.3) is 5.56 Å². The third-order valence-electron chi connectivity index (χ3n) is 4.78. The van der Waals surface area contributed by atoms with E-state index in [1.54, 1.807) is 17.4 Å². The van der Waals surface area contributed by atoms with Gasteiger partial charge in [0.15, 0.2) is 0 Å². The summed E-state index contributed by atoms with van der Waals surface area (Å²) >= 11 is 1.79. The molecule has 24 heavy (non-hydrogen) atoms. The van der Waals surface area contributed by atoms with Crippen LogP contribution in [0.3, 0.4) is 0 Å². The lowest BCUT2D eigenvalue weighted by Gasteiger charge is -2.34. The second-order valence-electron chi connectivity index (χ2n) is 6.77. The summed E-state index contributed by atoms with van der Waals surface area (Å²) in [5, 5.41) is 1.14. The number of hydrogen-bond acceptors (Lipinski definition) is 6. The van der Waals surface area contributed by atoms with Gasteiger partial charge >= 0.3 is 0 Å². The molecule has 0 unspecified atom stereocenters. The van der Waals surface area contributed by atoms with E-state index in [9.17, 15) is 4.79 Å². The van der Waals surface area contributed by atoms with Gasteiger partial charge in [0.05, 0.1) is 16.4 Å². The van der Waals surface area contributed by atoms with Gasteiger partial charge in [-0.2, -0.15) is 0 Å². The second kappa shape index (κ2) is 6.29. The first-order valence-corrected chi connectivity index (χ1v) is 9.41. The van der Waals surface area contributed by atoms with Gasteiger partial charge in [0.1, 0.15) is 0 Å². The second-order valence-corrected chi connectivity index (χ2v) is 8.06. The van der Waals surface area contributed by atoms with Gasteiger partial charge in [-0.05, 0) is 26.7 Å². The maximum absolute atomic E-state index is 11.9. The van der Waals surface area contributed by atoms with E-state index < -0.39 is 0 Å². The molecule has 2 aromatic heterocycles. The van der Waals surface area contributed by atoms with Crippen LogP contribution in [-0.2, 0) is 6.54 Å². The van der Waals surface area contributed by atoms with E-state index in [0.29, 0.717) is 5.92 Å². The summed E-state index contributed by atoms with van der Waals surface area (Å²) < 4.78 is 0. The Hall–Kier alpha value is -1.73. The van der Waals surface area contributed by atoms with Crippen molar-refractivity contribution in [2.45, 2.75) is 39.2 Å². The highest BCUT2D eigenvalue weighted by atomic mass is 32.1. The molecule has 1 N–H and O–H groups in total. The lowest BCUT2D eigenvalue weighted by atomic mass is 10.2. The first-order chi connectivity index (χ1) is 11.6. The molecule has 2 fully saturated rings. The van der Waals surface area contributed by atoms with E-state index >= 15 is 0 Å². The minimum atomic E-state index is -0.0277. The van der Waals surface area contributed by atoms with Crippen molar-refractivity contribution in [2.24, 2.45) is 0 Å². The summed E-state index contributed by atoms with van der Waals surface area (Å²) in [6.07, 6.45) is 2.33. The highest BCUT2D eigenvalue weighted by molar-refractivity contribution is 7.11. The molecule has 4 rings (SSSR count). The van der Waals surface area contributed by atoms with E-state index in [4.69, 9.17) is 0 Å². The Bertz CT molecular complexity index is 787. The zero-order chi connectivity index (χ0) is 16.7. The maximum Gasteiger partial charge on any atom is 0.252 e. The third-order valence-corrected chi connectivity index (χ3v) is 5.84. The molecule has 2 aromatic rings. The third kappa shape index (κ3) is 3.37. The summed E-state index contributed by atoms with van der Waals surface area (Å²) in [6, 6.07) is 1.66. The lowest BCUT2D eigenvalue weighted by molar-refractivity contribution is 0.250. The van der Waals surface area contributed by atoms with Crippen molar-refractivity contribution < 1.29 is 0 Å². The summed E-state index contributed by atoms with van der Waals surface area (Å²) in [5.41, 5.74) is 2.09. The van der Waals surface area contributed by atoms with Crippen LogP contribution in [0.5, 0.6) is 0 Å². The summed E-state index contributed by atoms with van der Waals surface area (Å²) in [6.45, 7) is 8.88. The lowest BCUT2D eigenvalue weighted by Crippen LogP contribution is -2.47. The molecule has 0 spiro atoms. The van der Waals surface area contributed by atoms with Gasteiger partial charge < -0.3 is 4.90 Å². The number of aromatic nitrogens is 3. The van der Waals surface area contributed by atoms with Crippen molar-refractivity contribution in [2.75, 3.05) is 31.1 Å². The molecule has 3 heterocycles. The van der Waals surface area contributed by atoms with E-state index in [-0.39, 0.29) is 5.56 Å². The summed E-state index contributed by atoms with van der Waals surface area (Å²) in [4.78, 5) is 30.0. The topological polar surface area (TPSA) is 65.1 Å². The molecule has 0 atom stereocenters. The van der Waals surface area contributed by atoms with Crippen LogP contribution in [-0.4, -0.2) is 46.0 Å². The summed E-state index contributed by atoms with van der Waals surface area (Å²) in [7, 11) is 0. The van der Waals surface area contributed by atoms with Crippen LogP contribution < -0.4 is 10.5 Å². The van der Waals surface area contributed by atoms with Gasteiger partial charge in [0, 0.05) is 49.6 Å². The largest absolute Gasteiger partial charge is 0.340 e. The molecule has 0 bridgehead atoms. The molecule has 0 amide bonds. The SMILES string of the molecule is Cc1nc(C)c(CN2CCN(c3nc(C4CC4)cc(=O)[nH]3)CC2)s1. The molecule has 0 aromatic carbocycles. The van der Waals surface area contributed by atoms with E-state index in [0.717, 1.165) is 67.9 Å². The number of H-pyrrole nitrogens is 1. The molecule has 6 nitrogen and oxygen atoms in total. The van der Waals surface area contributed by atoms with E-state index in [1.807, 2.05) is 0 Å². The van der Waals surface area contributed by atoms with Gasteiger partial charge in [-0.3, -0.25) is 14.7 Å². The van der Waals surface area contributed by atoms with Crippen LogP contribution in [0.4, 0.5) is 5.95 Å². The number of anilines is 1. The van der Waals surface area contributed by atoms with Crippen LogP contribution in [0.15, 0.2) is 10.9 Å². The van der Waals surface area contributed by atoms with Crippen molar-refractivity contribution in [1.82, 2.24) is 19.9 Å². The van der Waals surface area contributed by atoms with Gasteiger partial charge in [-0.25, -0.2) is 9.97 Å². The Labute approximate surface area is 145 Å². The van der Waals surface area contributed by atoms with Crippen molar-refractivity contribution in [3.05, 3.63) is 37.7 Å². The average Bonchev–Trinajstić information content (AvgIpc) is 3.34. The zero-order valence-electron chi connectivity index (χ0n) is 14.2. The number of aryl methyl sites for hydroxylation is 2. The summed E-state index contributed by atoms with van der Waals surface area (Å²) in [5.74, 6) is 1.25. The average molecular weight is 345 g/mol. The molecular weight excluding hydrogens is 322 g/mol. The molecule has 0 radical (unpaired) electrons. The maximum atomic E-state index is 11.9. The number of nitrogens with zero attached hydrogens (tertiary/aromatic N) is 4. The normalized spacial score (nSPS) is 19.0. The van der Waals surface area contributed by atoms with Crippen molar-refractivity contribution >= 4 is 17.3 Å². The highest BCUT2D eigenvalue weighted by Crippen LogP contribution is 2.38. The van der Waals surface area contributed by atoms with Crippen LogP contribution in [0.1, 0.15) is 40.0 Å². The quantitative estimate of drug-likeness (QED) is 0.919. The molecule has 7 heteroatoms. The molecule has 1 aliphatic carbocycles. The fourth-order valence-corrected chi connectivity index (χ4v) is 4.22. The minimum absolute atomic E-state index is 0.0277. The monoisotopic (exact) mass is 345 g/mol. The van der Waals surface area contributed by atoms with Gasteiger partial charge in [-0.15, -0.1) is 11.3 Å². The van der Waals surface area contributed by atoms with E-state index in [2.05, 4.69) is 38.6 Å². The van der Waals surface area contributed by atoms with Crippen molar-refractivity contribution in [1.29, 1.82) is 0 Å². The molecule has 1 aliphatic heterocycles. The van der Waals surface area contributed by atoms with Crippen molar-refractivity contribution in [3.8, 4) is 0 Å². The number of nitrogens with one attached hydrogen (secondary N) is 1. The fourth-order valence-electron chi connectivity index (χ4n) is 3.24. The standard InChI is InChI=1S/C17H23N5OS/c1-11-15(24-12(2)18-11)10-21-5-7-22(8-6-21)17-19-14(13-3-4-13)9-16(23)20-17/h9,13H,3-8,10H2,1-2H3,(H,19,20,23). The Morgan fingerprint density at radius 1 is 1.21 bits per heavy atom. The highest BCUT2D eigenvalue weighted by Gasteiger charge is 2.27. The number of piperazine rings is 1. The first-order valence-electron chi connectivity index (χ1n) is 8.60. The van der Waals surface area contributed by atoms with Crippen LogP contribution >= 0.6 is 11.3 Å². The van der Waals surface area contributed by atoms with Gasteiger partial charge in [0.2, 0.25) is 5.95 Å². The molecule has 128 valence electrons. The van der Waals surface area contributed by atoms with Crippen LogP contribution in [0.25, 0.3) is 0 Å².